The summed E-state index contributed by atoms with van der Waals surface area (Å²) in [4.78, 5) is 16.1. The minimum absolute atomic E-state index is 0.253. The first-order valence-electron chi connectivity index (χ1n) is 9.61. The number of nitrogens with zero attached hydrogens (tertiary/aromatic N) is 1. The number of esters is 1. The Bertz CT molecular complexity index is 1190. The van der Waals surface area contributed by atoms with Crippen LogP contribution in [0, 0.1) is 46.3 Å². The molecule has 0 saturated heterocycles. The zero-order valence-electron chi connectivity index (χ0n) is 17.9. The van der Waals surface area contributed by atoms with E-state index in [2.05, 4.69) is 50.1 Å². The Hall–Kier alpha value is -3.21. The van der Waals surface area contributed by atoms with E-state index in [1.54, 1.807) is 0 Å². The van der Waals surface area contributed by atoms with E-state index in [0.29, 0.717) is 16.7 Å². The SMILES string of the molecule is Cc1cc(C)c(-c2cc(C)c(C(=O)Oc3cc(F)c(N=C=S)c(F)c3)c(C)c2)c(C)c1. The number of aliphatic imine (C=N–C) groups is 1. The lowest BCUT2D eigenvalue weighted by atomic mass is 9.90. The van der Waals surface area contributed by atoms with E-state index >= 15 is 0 Å². The Morgan fingerprint density at radius 2 is 1.39 bits per heavy atom. The maximum atomic E-state index is 14.0. The van der Waals surface area contributed by atoms with E-state index < -0.39 is 23.3 Å². The van der Waals surface area contributed by atoms with Gasteiger partial charge in [-0.15, -0.1) is 0 Å². The van der Waals surface area contributed by atoms with E-state index in [1.807, 2.05) is 31.1 Å². The number of ether oxygens (including phenoxy) is 1. The van der Waals surface area contributed by atoms with Crippen molar-refractivity contribution in [3.63, 3.8) is 0 Å². The van der Waals surface area contributed by atoms with Crippen LogP contribution < -0.4 is 4.74 Å². The number of halogens is 2. The average Bonchev–Trinajstić information content (AvgIpc) is 2.63. The molecule has 3 aromatic rings. The number of benzene rings is 3. The van der Waals surface area contributed by atoms with Gasteiger partial charge in [-0.1, -0.05) is 29.8 Å². The molecule has 0 aliphatic heterocycles. The van der Waals surface area contributed by atoms with Gasteiger partial charge >= 0.3 is 5.97 Å². The highest BCUT2D eigenvalue weighted by Crippen LogP contribution is 2.32. The number of hydrogen-bond donors (Lipinski definition) is 0. The first kappa shape index (κ1) is 22.5. The van der Waals surface area contributed by atoms with Crippen LogP contribution in [0.2, 0.25) is 0 Å². The highest BCUT2D eigenvalue weighted by Gasteiger charge is 2.19. The predicted molar refractivity (Wildman–Crippen MR) is 122 cm³/mol. The van der Waals surface area contributed by atoms with E-state index in [9.17, 15) is 13.6 Å². The third kappa shape index (κ3) is 4.61. The fourth-order valence-electron chi connectivity index (χ4n) is 3.98. The minimum Gasteiger partial charge on any atom is -0.423 e. The molecule has 0 aromatic heterocycles. The van der Waals surface area contributed by atoms with Gasteiger partial charge in [-0.3, -0.25) is 0 Å². The van der Waals surface area contributed by atoms with Crippen molar-refractivity contribution in [3.05, 3.63) is 81.4 Å². The van der Waals surface area contributed by atoms with Gasteiger partial charge in [0.25, 0.3) is 0 Å². The van der Waals surface area contributed by atoms with Crippen molar-refractivity contribution >= 4 is 29.0 Å². The second kappa shape index (κ2) is 8.88. The summed E-state index contributed by atoms with van der Waals surface area (Å²) in [5, 5.41) is 1.92. The topological polar surface area (TPSA) is 38.7 Å². The van der Waals surface area contributed by atoms with Gasteiger partial charge in [0, 0.05) is 12.1 Å². The Morgan fingerprint density at radius 1 is 0.871 bits per heavy atom. The highest BCUT2D eigenvalue weighted by molar-refractivity contribution is 7.78. The molecule has 0 aliphatic carbocycles. The van der Waals surface area contributed by atoms with E-state index in [0.717, 1.165) is 34.4 Å². The Kier molecular flexibility index (Phi) is 6.44. The van der Waals surface area contributed by atoms with Crippen LogP contribution in [0.15, 0.2) is 41.4 Å². The monoisotopic (exact) mass is 437 g/mol. The van der Waals surface area contributed by atoms with E-state index in [-0.39, 0.29) is 5.75 Å². The fraction of sp³-hybridized carbons (Fsp3) is 0.200. The quantitative estimate of drug-likeness (QED) is 0.189. The fourth-order valence-corrected chi connectivity index (χ4v) is 4.07. The third-order valence-electron chi connectivity index (χ3n) is 5.06. The number of isothiocyanates is 1. The molecule has 0 radical (unpaired) electrons. The van der Waals surface area contributed by atoms with Crippen LogP contribution in [0.4, 0.5) is 14.5 Å². The van der Waals surface area contributed by atoms with Gasteiger partial charge in [0.15, 0.2) is 11.6 Å². The van der Waals surface area contributed by atoms with Gasteiger partial charge in [0.1, 0.15) is 11.4 Å². The lowest BCUT2D eigenvalue weighted by molar-refractivity contribution is 0.0732. The molecule has 0 unspecified atom stereocenters. The molecule has 0 bridgehead atoms. The second-order valence-electron chi connectivity index (χ2n) is 7.59. The standard InChI is InChI=1S/C25H21F2NO2S/c1-13-6-14(2)22(15(3)7-13)18-8-16(4)23(17(5)9-18)25(29)30-19-10-20(26)24(28-12-31)21(27)11-19/h6-11H,1-5H3. The van der Waals surface area contributed by atoms with E-state index in [1.165, 1.54) is 5.56 Å². The second-order valence-corrected chi connectivity index (χ2v) is 7.77. The molecule has 0 aliphatic rings. The molecule has 3 aromatic carbocycles. The molecule has 0 saturated carbocycles. The number of thiocarbonyl (C=S) groups is 1. The normalized spacial score (nSPS) is 10.5. The lowest BCUT2D eigenvalue weighted by Gasteiger charge is -2.16. The number of carbonyl (C=O) groups excluding carboxylic acids is 1. The molecular formula is C25H21F2NO2S. The van der Waals surface area contributed by atoms with Gasteiger partial charge in [0.05, 0.1) is 10.7 Å². The first-order chi connectivity index (χ1) is 14.6. The Morgan fingerprint density at radius 3 is 1.87 bits per heavy atom. The van der Waals surface area contributed by atoms with Gasteiger partial charge < -0.3 is 4.74 Å². The van der Waals surface area contributed by atoms with Gasteiger partial charge in [-0.05, 0) is 80.2 Å². The molecule has 3 rings (SSSR count). The average molecular weight is 438 g/mol. The summed E-state index contributed by atoms with van der Waals surface area (Å²) in [7, 11) is 0. The summed E-state index contributed by atoms with van der Waals surface area (Å²) in [6, 6.07) is 9.87. The molecule has 31 heavy (non-hydrogen) atoms. The molecule has 0 atom stereocenters. The third-order valence-corrected chi connectivity index (χ3v) is 5.15. The van der Waals surface area contributed by atoms with Crippen LogP contribution in [0.5, 0.6) is 5.75 Å². The van der Waals surface area contributed by atoms with Crippen LogP contribution >= 0.6 is 12.2 Å². The molecule has 0 N–H and O–H groups in total. The van der Waals surface area contributed by atoms with Crippen LogP contribution in [-0.4, -0.2) is 11.1 Å². The molecule has 0 amide bonds. The van der Waals surface area contributed by atoms with Crippen LogP contribution in [0.3, 0.4) is 0 Å². The van der Waals surface area contributed by atoms with Crippen molar-refractivity contribution in [2.24, 2.45) is 4.99 Å². The zero-order chi connectivity index (χ0) is 22.9. The summed E-state index contributed by atoms with van der Waals surface area (Å²) < 4.78 is 33.3. The molecule has 158 valence electrons. The van der Waals surface area contributed by atoms with Crippen LogP contribution in [0.25, 0.3) is 11.1 Å². The Labute approximate surface area is 185 Å². The predicted octanol–water partition coefficient (Wildman–Crippen LogP) is 7.13. The number of carbonyl (C=O) groups is 1. The summed E-state index contributed by atoms with van der Waals surface area (Å²) in [5.41, 5.74) is 6.81. The highest BCUT2D eigenvalue weighted by atomic mass is 32.1. The minimum atomic E-state index is -0.991. The molecule has 3 nitrogen and oxygen atoms in total. The maximum absolute atomic E-state index is 14.0. The molecule has 6 heteroatoms. The Balaban J connectivity index is 1.98. The summed E-state index contributed by atoms with van der Waals surface area (Å²) in [6.45, 7) is 9.79. The molecule has 0 heterocycles. The summed E-state index contributed by atoms with van der Waals surface area (Å²) in [6.07, 6.45) is 0. The number of rotatable bonds is 4. The van der Waals surface area contributed by atoms with Crippen LogP contribution in [0.1, 0.15) is 38.2 Å². The van der Waals surface area contributed by atoms with Crippen molar-refractivity contribution in [2.75, 3.05) is 0 Å². The smallest absolute Gasteiger partial charge is 0.344 e. The zero-order valence-corrected chi connectivity index (χ0v) is 18.7. The van der Waals surface area contributed by atoms with Crippen molar-refractivity contribution in [3.8, 4) is 16.9 Å². The van der Waals surface area contributed by atoms with Crippen molar-refractivity contribution in [2.45, 2.75) is 34.6 Å². The van der Waals surface area contributed by atoms with Crippen molar-refractivity contribution in [1.29, 1.82) is 0 Å². The van der Waals surface area contributed by atoms with E-state index in [4.69, 9.17) is 4.74 Å². The lowest BCUT2D eigenvalue weighted by Crippen LogP contribution is -2.13. The maximum Gasteiger partial charge on any atom is 0.344 e. The number of aryl methyl sites for hydroxylation is 5. The largest absolute Gasteiger partial charge is 0.423 e. The molecule has 0 spiro atoms. The summed E-state index contributed by atoms with van der Waals surface area (Å²) in [5.74, 6) is -2.93. The van der Waals surface area contributed by atoms with Crippen LogP contribution in [-0.2, 0) is 0 Å². The van der Waals surface area contributed by atoms with Crippen molar-refractivity contribution < 1.29 is 18.3 Å². The van der Waals surface area contributed by atoms with Gasteiger partial charge in [-0.25, -0.2) is 13.6 Å². The number of hydrogen-bond acceptors (Lipinski definition) is 4. The van der Waals surface area contributed by atoms with Gasteiger partial charge in [0.2, 0.25) is 0 Å². The first-order valence-corrected chi connectivity index (χ1v) is 10.0. The summed E-state index contributed by atoms with van der Waals surface area (Å²) >= 11 is 4.38. The van der Waals surface area contributed by atoms with Crippen molar-refractivity contribution in [1.82, 2.24) is 0 Å². The van der Waals surface area contributed by atoms with Gasteiger partial charge in [-0.2, -0.15) is 4.99 Å². The molecule has 0 fully saturated rings. The molecular weight excluding hydrogens is 416 g/mol.